The Morgan fingerprint density at radius 2 is 2.16 bits per heavy atom. The molecule has 1 heterocycles. The molecule has 2 rings (SSSR count). The molecule has 0 saturated carbocycles. The highest BCUT2D eigenvalue weighted by atomic mass is 16.5. The summed E-state index contributed by atoms with van der Waals surface area (Å²) in [6.07, 6.45) is 4.70. The van der Waals surface area contributed by atoms with Gasteiger partial charge in [0.25, 0.3) is 0 Å². The van der Waals surface area contributed by atoms with E-state index in [1.807, 2.05) is 18.2 Å². The number of aryl methyl sites for hydroxylation is 1. The molecule has 19 heavy (non-hydrogen) atoms. The van der Waals surface area contributed by atoms with Gasteiger partial charge in [0.05, 0.1) is 7.11 Å². The van der Waals surface area contributed by atoms with E-state index in [9.17, 15) is 4.79 Å². The SMILES string of the molecule is CC[C@H]1CC[C@](CCc2ccccc2)(C(=O)OC)N1. The van der Waals surface area contributed by atoms with Crippen molar-refractivity contribution in [3.05, 3.63) is 35.9 Å². The first-order valence-corrected chi connectivity index (χ1v) is 7.10. The van der Waals surface area contributed by atoms with Crippen LogP contribution < -0.4 is 5.32 Å². The normalized spacial score (nSPS) is 26.3. The maximum atomic E-state index is 12.1. The van der Waals surface area contributed by atoms with E-state index in [0.29, 0.717) is 6.04 Å². The van der Waals surface area contributed by atoms with Crippen molar-refractivity contribution in [1.29, 1.82) is 0 Å². The van der Waals surface area contributed by atoms with Crippen LogP contribution in [0.3, 0.4) is 0 Å². The fourth-order valence-corrected chi connectivity index (χ4v) is 2.92. The second kappa shape index (κ2) is 6.20. The summed E-state index contributed by atoms with van der Waals surface area (Å²) < 4.78 is 5.02. The van der Waals surface area contributed by atoms with Crippen LogP contribution in [0, 0.1) is 0 Å². The van der Waals surface area contributed by atoms with Crippen molar-refractivity contribution < 1.29 is 9.53 Å². The maximum absolute atomic E-state index is 12.1. The highest BCUT2D eigenvalue weighted by molar-refractivity contribution is 5.81. The zero-order chi connectivity index (χ0) is 13.7. The summed E-state index contributed by atoms with van der Waals surface area (Å²) in [6.45, 7) is 2.15. The van der Waals surface area contributed by atoms with E-state index in [4.69, 9.17) is 4.74 Å². The van der Waals surface area contributed by atoms with Gasteiger partial charge >= 0.3 is 5.97 Å². The van der Waals surface area contributed by atoms with E-state index in [1.165, 1.54) is 12.7 Å². The number of esters is 1. The summed E-state index contributed by atoms with van der Waals surface area (Å²) >= 11 is 0. The van der Waals surface area contributed by atoms with Crippen molar-refractivity contribution in [3.63, 3.8) is 0 Å². The van der Waals surface area contributed by atoms with Gasteiger partial charge in [-0.1, -0.05) is 37.3 Å². The Morgan fingerprint density at radius 3 is 2.74 bits per heavy atom. The molecule has 1 aliphatic rings. The Labute approximate surface area is 115 Å². The van der Waals surface area contributed by atoms with Gasteiger partial charge in [0.15, 0.2) is 0 Å². The number of methoxy groups -OCH3 is 1. The maximum Gasteiger partial charge on any atom is 0.326 e. The third-order valence-electron chi connectivity index (χ3n) is 4.15. The number of rotatable bonds is 5. The minimum atomic E-state index is -0.481. The van der Waals surface area contributed by atoms with Crippen molar-refractivity contribution >= 4 is 5.97 Å². The molecule has 3 heteroatoms. The first-order valence-electron chi connectivity index (χ1n) is 7.10. The van der Waals surface area contributed by atoms with E-state index < -0.39 is 5.54 Å². The van der Waals surface area contributed by atoms with Gasteiger partial charge in [-0.15, -0.1) is 0 Å². The molecule has 0 bridgehead atoms. The molecule has 1 aliphatic heterocycles. The minimum absolute atomic E-state index is 0.112. The lowest BCUT2D eigenvalue weighted by molar-refractivity contribution is -0.148. The Morgan fingerprint density at radius 1 is 1.42 bits per heavy atom. The van der Waals surface area contributed by atoms with Crippen LogP contribution in [0.5, 0.6) is 0 Å². The summed E-state index contributed by atoms with van der Waals surface area (Å²) in [4.78, 5) is 12.1. The first kappa shape index (κ1) is 14.1. The average molecular weight is 261 g/mol. The highest BCUT2D eigenvalue weighted by Gasteiger charge is 2.44. The van der Waals surface area contributed by atoms with Crippen LogP contribution in [0.1, 0.15) is 38.2 Å². The Hall–Kier alpha value is -1.35. The summed E-state index contributed by atoms with van der Waals surface area (Å²) in [5.41, 5.74) is 0.790. The molecule has 3 nitrogen and oxygen atoms in total. The molecule has 0 aliphatic carbocycles. The zero-order valence-electron chi connectivity index (χ0n) is 11.8. The Kier molecular flexibility index (Phi) is 4.59. The van der Waals surface area contributed by atoms with Gasteiger partial charge in [-0.05, 0) is 37.7 Å². The molecule has 0 spiro atoms. The molecule has 0 aromatic heterocycles. The lowest BCUT2D eigenvalue weighted by atomic mass is 9.90. The number of hydrogen-bond acceptors (Lipinski definition) is 3. The Bertz CT molecular complexity index is 418. The number of hydrogen-bond donors (Lipinski definition) is 1. The van der Waals surface area contributed by atoms with Gasteiger partial charge in [-0.3, -0.25) is 10.1 Å². The summed E-state index contributed by atoms with van der Waals surface area (Å²) in [5, 5.41) is 3.50. The third kappa shape index (κ3) is 3.16. The number of carbonyl (C=O) groups excluding carboxylic acids is 1. The van der Waals surface area contributed by atoms with Gasteiger partial charge in [0, 0.05) is 6.04 Å². The second-order valence-corrected chi connectivity index (χ2v) is 5.35. The molecule has 2 atom stereocenters. The van der Waals surface area contributed by atoms with Gasteiger partial charge in [0.2, 0.25) is 0 Å². The van der Waals surface area contributed by atoms with Crippen LogP contribution >= 0.6 is 0 Å². The van der Waals surface area contributed by atoms with Gasteiger partial charge in [-0.25, -0.2) is 0 Å². The molecule has 1 aromatic carbocycles. The quantitative estimate of drug-likeness (QED) is 0.828. The van der Waals surface area contributed by atoms with Crippen LogP contribution in [-0.2, 0) is 16.0 Å². The number of nitrogens with one attached hydrogen (secondary N) is 1. The largest absolute Gasteiger partial charge is 0.468 e. The van der Waals surface area contributed by atoms with Crippen LogP contribution in [0.25, 0.3) is 0 Å². The molecule has 1 saturated heterocycles. The monoisotopic (exact) mass is 261 g/mol. The molecule has 1 N–H and O–H groups in total. The van der Waals surface area contributed by atoms with Crippen LogP contribution in [0.2, 0.25) is 0 Å². The van der Waals surface area contributed by atoms with Gasteiger partial charge < -0.3 is 4.74 Å². The fourth-order valence-electron chi connectivity index (χ4n) is 2.92. The second-order valence-electron chi connectivity index (χ2n) is 5.35. The number of benzene rings is 1. The molecule has 0 amide bonds. The van der Waals surface area contributed by atoms with Crippen molar-refractivity contribution in [1.82, 2.24) is 5.32 Å². The summed E-state index contributed by atoms with van der Waals surface area (Å²) in [7, 11) is 1.48. The van der Waals surface area contributed by atoms with Gasteiger partial charge in [-0.2, -0.15) is 0 Å². The van der Waals surface area contributed by atoms with Crippen LogP contribution in [0.4, 0.5) is 0 Å². The van der Waals surface area contributed by atoms with E-state index in [2.05, 4.69) is 24.4 Å². The van der Waals surface area contributed by atoms with Crippen molar-refractivity contribution in [2.45, 2.75) is 50.6 Å². The predicted octanol–water partition coefficient (Wildman–Crippen LogP) is 2.69. The topological polar surface area (TPSA) is 38.3 Å². The standard InChI is InChI=1S/C16H23NO2/c1-3-14-10-12-16(17-14,15(18)19-2)11-9-13-7-5-4-6-8-13/h4-8,14,17H,3,9-12H2,1-2H3/t14-,16+/m0/s1. The number of ether oxygens (including phenoxy) is 1. The van der Waals surface area contributed by atoms with E-state index in [-0.39, 0.29) is 5.97 Å². The molecular formula is C16H23NO2. The van der Waals surface area contributed by atoms with Crippen LogP contribution in [0.15, 0.2) is 30.3 Å². The Balaban J connectivity index is 2.05. The molecule has 104 valence electrons. The molecule has 0 unspecified atom stereocenters. The predicted molar refractivity (Wildman–Crippen MR) is 76.0 cm³/mol. The smallest absolute Gasteiger partial charge is 0.326 e. The lowest BCUT2D eigenvalue weighted by Crippen LogP contribution is -2.50. The summed E-state index contributed by atoms with van der Waals surface area (Å²) in [6, 6.07) is 10.7. The fraction of sp³-hybridized carbons (Fsp3) is 0.562. The summed E-state index contributed by atoms with van der Waals surface area (Å²) in [5.74, 6) is -0.112. The van der Waals surface area contributed by atoms with E-state index in [0.717, 1.165) is 32.1 Å². The lowest BCUT2D eigenvalue weighted by Gasteiger charge is -2.27. The van der Waals surface area contributed by atoms with Gasteiger partial charge in [0.1, 0.15) is 5.54 Å². The van der Waals surface area contributed by atoms with E-state index in [1.54, 1.807) is 0 Å². The third-order valence-corrected chi connectivity index (χ3v) is 4.15. The molecular weight excluding hydrogens is 238 g/mol. The minimum Gasteiger partial charge on any atom is -0.468 e. The van der Waals surface area contributed by atoms with Crippen LogP contribution in [-0.4, -0.2) is 24.7 Å². The zero-order valence-corrected chi connectivity index (χ0v) is 11.8. The molecule has 1 fully saturated rings. The molecule has 1 aromatic rings. The van der Waals surface area contributed by atoms with Crippen molar-refractivity contribution in [3.8, 4) is 0 Å². The number of carbonyl (C=O) groups is 1. The first-order chi connectivity index (χ1) is 9.20. The van der Waals surface area contributed by atoms with Crippen molar-refractivity contribution in [2.24, 2.45) is 0 Å². The molecule has 0 radical (unpaired) electrons. The highest BCUT2D eigenvalue weighted by Crippen LogP contribution is 2.30. The van der Waals surface area contributed by atoms with E-state index >= 15 is 0 Å². The van der Waals surface area contributed by atoms with Crippen molar-refractivity contribution in [2.75, 3.05) is 7.11 Å². The average Bonchev–Trinajstić information content (AvgIpc) is 2.90.